The molecule has 2 unspecified atom stereocenters. The molecule has 1 saturated heterocycles. The first-order chi connectivity index (χ1) is 9.41. The fraction of sp³-hybridized carbons (Fsp3) is 0.769. The van der Waals surface area contributed by atoms with E-state index >= 15 is 0 Å². The van der Waals surface area contributed by atoms with Gasteiger partial charge < -0.3 is 21.5 Å². The average molecular weight is 285 g/mol. The second-order valence-corrected chi connectivity index (χ2v) is 5.33. The summed E-state index contributed by atoms with van der Waals surface area (Å²) in [5.41, 5.74) is 4.48. The predicted molar refractivity (Wildman–Crippen MR) is 72.8 cm³/mol. The number of rotatable bonds is 8. The van der Waals surface area contributed by atoms with Crippen molar-refractivity contribution in [3.8, 4) is 0 Å². The highest BCUT2D eigenvalue weighted by Gasteiger charge is 2.41. The zero-order valence-corrected chi connectivity index (χ0v) is 11.8. The number of hydrogen-bond acceptors (Lipinski definition) is 4. The van der Waals surface area contributed by atoms with E-state index < -0.39 is 23.3 Å². The van der Waals surface area contributed by atoms with E-state index in [0.717, 1.165) is 13.0 Å². The van der Waals surface area contributed by atoms with Crippen LogP contribution in [-0.2, 0) is 14.4 Å². The van der Waals surface area contributed by atoms with Crippen molar-refractivity contribution >= 4 is 17.8 Å². The summed E-state index contributed by atoms with van der Waals surface area (Å²) >= 11 is 0. The molecule has 0 spiro atoms. The van der Waals surface area contributed by atoms with Crippen molar-refractivity contribution in [2.75, 3.05) is 13.1 Å². The summed E-state index contributed by atoms with van der Waals surface area (Å²) in [6.07, 6.45) is 2.24. The minimum absolute atomic E-state index is 0.0199. The Morgan fingerprint density at radius 1 is 1.45 bits per heavy atom. The summed E-state index contributed by atoms with van der Waals surface area (Å²) in [6.45, 7) is 3.32. The van der Waals surface area contributed by atoms with Gasteiger partial charge in [0.25, 0.3) is 0 Å². The number of amides is 2. The first kappa shape index (κ1) is 16.4. The van der Waals surface area contributed by atoms with Gasteiger partial charge in [0.15, 0.2) is 0 Å². The van der Waals surface area contributed by atoms with Gasteiger partial charge >= 0.3 is 5.97 Å². The lowest BCUT2D eigenvalue weighted by Gasteiger charge is -2.28. The molecule has 1 heterocycles. The van der Waals surface area contributed by atoms with E-state index in [1.807, 2.05) is 6.92 Å². The molecule has 0 aliphatic carbocycles. The Labute approximate surface area is 118 Å². The molecule has 114 valence electrons. The Morgan fingerprint density at radius 2 is 2.15 bits per heavy atom. The smallest absolute Gasteiger partial charge is 0.326 e. The third-order valence-electron chi connectivity index (χ3n) is 3.74. The van der Waals surface area contributed by atoms with Gasteiger partial charge in [-0.25, -0.2) is 4.79 Å². The lowest BCUT2D eigenvalue weighted by molar-refractivity contribution is -0.144. The van der Waals surface area contributed by atoms with Crippen LogP contribution in [0.3, 0.4) is 0 Å². The number of nitrogens with one attached hydrogen (secondary N) is 2. The van der Waals surface area contributed by atoms with Gasteiger partial charge in [-0.3, -0.25) is 9.59 Å². The molecule has 0 aromatic heterocycles. The van der Waals surface area contributed by atoms with Crippen molar-refractivity contribution in [3.05, 3.63) is 0 Å². The molecule has 1 aliphatic heterocycles. The highest BCUT2D eigenvalue weighted by atomic mass is 16.4. The third kappa shape index (κ3) is 4.19. The SMILES string of the molecule is CCCC1(C(=O)NC(CCC(N)=O)C(=O)O)CCNC1. The van der Waals surface area contributed by atoms with E-state index in [1.165, 1.54) is 0 Å². The van der Waals surface area contributed by atoms with Crippen molar-refractivity contribution in [1.29, 1.82) is 0 Å². The van der Waals surface area contributed by atoms with E-state index in [0.29, 0.717) is 19.4 Å². The standard InChI is InChI=1S/C13H23N3O4/c1-2-5-13(6-7-15-8-13)12(20)16-9(11(18)19)3-4-10(14)17/h9,15H,2-8H2,1H3,(H2,14,17)(H,16,20)(H,18,19). The fourth-order valence-corrected chi connectivity index (χ4v) is 2.60. The van der Waals surface area contributed by atoms with Gasteiger partial charge in [0.05, 0.1) is 5.41 Å². The van der Waals surface area contributed by atoms with Gasteiger partial charge in [0, 0.05) is 13.0 Å². The highest BCUT2D eigenvalue weighted by molar-refractivity contribution is 5.88. The zero-order valence-electron chi connectivity index (χ0n) is 11.8. The van der Waals surface area contributed by atoms with Crippen LogP contribution < -0.4 is 16.4 Å². The van der Waals surface area contributed by atoms with Gasteiger partial charge in [0.1, 0.15) is 6.04 Å². The molecule has 0 saturated carbocycles. The summed E-state index contributed by atoms with van der Waals surface area (Å²) in [4.78, 5) is 34.3. The summed E-state index contributed by atoms with van der Waals surface area (Å²) in [6, 6.07) is -1.07. The molecule has 1 aliphatic rings. The monoisotopic (exact) mass is 285 g/mol. The molecule has 7 nitrogen and oxygen atoms in total. The van der Waals surface area contributed by atoms with Crippen LogP contribution in [0.25, 0.3) is 0 Å². The molecule has 7 heteroatoms. The topological polar surface area (TPSA) is 122 Å². The molecular weight excluding hydrogens is 262 g/mol. The summed E-state index contributed by atoms with van der Waals surface area (Å²) < 4.78 is 0. The van der Waals surface area contributed by atoms with Crippen molar-refractivity contribution in [2.45, 2.75) is 45.1 Å². The molecule has 2 amide bonds. The zero-order chi connectivity index (χ0) is 15.2. The maximum absolute atomic E-state index is 12.4. The van der Waals surface area contributed by atoms with Crippen LogP contribution in [0.15, 0.2) is 0 Å². The fourth-order valence-electron chi connectivity index (χ4n) is 2.60. The Morgan fingerprint density at radius 3 is 2.60 bits per heavy atom. The van der Waals surface area contributed by atoms with Crippen molar-refractivity contribution in [2.24, 2.45) is 11.1 Å². The van der Waals surface area contributed by atoms with E-state index in [4.69, 9.17) is 10.8 Å². The lowest BCUT2D eigenvalue weighted by Crippen LogP contribution is -2.49. The minimum Gasteiger partial charge on any atom is -0.480 e. The Kier molecular flexibility index (Phi) is 5.94. The number of carbonyl (C=O) groups is 3. The quantitative estimate of drug-likeness (QED) is 0.483. The van der Waals surface area contributed by atoms with Gasteiger partial charge in [-0.2, -0.15) is 0 Å². The van der Waals surface area contributed by atoms with Crippen LogP contribution in [0.5, 0.6) is 0 Å². The van der Waals surface area contributed by atoms with Crippen molar-refractivity contribution in [3.63, 3.8) is 0 Å². The number of carboxylic acid groups (broad SMARTS) is 1. The van der Waals surface area contributed by atoms with Gasteiger partial charge in [0.2, 0.25) is 11.8 Å². The summed E-state index contributed by atoms with van der Waals surface area (Å²) in [7, 11) is 0. The first-order valence-electron chi connectivity index (χ1n) is 6.94. The predicted octanol–water partition coefficient (Wildman–Crippen LogP) is -0.399. The van der Waals surface area contributed by atoms with Crippen LogP contribution in [0.4, 0.5) is 0 Å². The molecule has 1 rings (SSSR count). The van der Waals surface area contributed by atoms with Crippen LogP contribution in [0.2, 0.25) is 0 Å². The number of hydrogen-bond donors (Lipinski definition) is 4. The Bertz CT molecular complexity index is 378. The van der Waals surface area contributed by atoms with E-state index in [1.54, 1.807) is 0 Å². The molecule has 0 aromatic carbocycles. The second kappa shape index (κ2) is 7.23. The number of nitrogens with two attached hydrogens (primary N) is 1. The van der Waals surface area contributed by atoms with Gasteiger partial charge in [-0.05, 0) is 25.8 Å². The molecule has 20 heavy (non-hydrogen) atoms. The summed E-state index contributed by atoms with van der Waals surface area (Å²) in [5.74, 6) is -1.96. The van der Waals surface area contributed by atoms with E-state index in [-0.39, 0.29) is 18.7 Å². The van der Waals surface area contributed by atoms with Crippen molar-refractivity contribution < 1.29 is 19.5 Å². The minimum atomic E-state index is -1.14. The molecule has 1 fully saturated rings. The molecule has 2 atom stereocenters. The highest BCUT2D eigenvalue weighted by Crippen LogP contribution is 2.31. The number of carbonyl (C=O) groups excluding carboxylic acids is 2. The Balaban J connectivity index is 2.68. The molecule has 5 N–H and O–H groups in total. The average Bonchev–Trinajstić information content (AvgIpc) is 2.83. The van der Waals surface area contributed by atoms with Crippen LogP contribution in [-0.4, -0.2) is 42.0 Å². The van der Waals surface area contributed by atoms with Gasteiger partial charge in [-0.15, -0.1) is 0 Å². The number of carboxylic acids is 1. The largest absolute Gasteiger partial charge is 0.480 e. The summed E-state index contributed by atoms with van der Waals surface area (Å²) in [5, 5.41) is 14.8. The molecule has 0 aromatic rings. The van der Waals surface area contributed by atoms with Crippen molar-refractivity contribution in [1.82, 2.24) is 10.6 Å². The van der Waals surface area contributed by atoms with Crippen LogP contribution in [0, 0.1) is 5.41 Å². The third-order valence-corrected chi connectivity index (χ3v) is 3.74. The second-order valence-electron chi connectivity index (χ2n) is 5.33. The number of primary amides is 1. The molecule has 0 bridgehead atoms. The first-order valence-corrected chi connectivity index (χ1v) is 6.94. The number of aliphatic carboxylic acids is 1. The maximum atomic E-state index is 12.4. The Hall–Kier alpha value is -1.63. The van der Waals surface area contributed by atoms with Crippen LogP contribution >= 0.6 is 0 Å². The molecule has 0 radical (unpaired) electrons. The maximum Gasteiger partial charge on any atom is 0.326 e. The molecular formula is C13H23N3O4. The lowest BCUT2D eigenvalue weighted by atomic mass is 9.81. The van der Waals surface area contributed by atoms with Gasteiger partial charge in [-0.1, -0.05) is 13.3 Å². The van der Waals surface area contributed by atoms with E-state index in [2.05, 4.69) is 10.6 Å². The normalized spacial score (nSPS) is 23.2. The van der Waals surface area contributed by atoms with E-state index in [9.17, 15) is 14.4 Å². The van der Waals surface area contributed by atoms with Crippen LogP contribution in [0.1, 0.15) is 39.0 Å².